The number of phenols is 1. The van der Waals surface area contributed by atoms with Crippen LogP contribution >= 0.6 is 0 Å². The van der Waals surface area contributed by atoms with Gasteiger partial charge in [-0.1, -0.05) is 224 Å². The van der Waals surface area contributed by atoms with Gasteiger partial charge in [-0.15, -0.1) is 29.8 Å². The number of rotatable bonds is 7. The molecule has 0 fully saturated rings. The van der Waals surface area contributed by atoms with Crippen LogP contribution in [-0.2, 0) is 48.1 Å². The number of phenolic OH excluding ortho intramolecular Hbond substituents is 1. The van der Waals surface area contributed by atoms with Crippen LogP contribution in [0.3, 0.4) is 0 Å². The van der Waals surface area contributed by atoms with Gasteiger partial charge in [-0.05, 0) is 142 Å². The summed E-state index contributed by atoms with van der Waals surface area (Å²) in [4.78, 5) is 10.6. The van der Waals surface area contributed by atoms with Crippen LogP contribution in [0.4, 0.5) is 0 Å². The summed E-state index contributed by atoms with van der Waals surface area (Å²) in [6.45, 7) is 36.3. The molecular formula is C73H76N3OPt-. The van der Waals surface area contributed by atoms with Crippen molar-refractivity contribution in [3.05, 3.63) is 203 Å². The van der Waals surface area contributed by atoms with E-state index in [9.17, 15) is 5.11 Å². The minimum atomic E-state index is -0.166. The van der Waals surface area contributed by atoms with E-state index in [1.165, 1.54) is 38.6 Å². The topological polar surface area (TPSA) is 50.9 Å². The Hall–Kier alpha value is -6.87. The molecule has 0 bridgehead atoms. The number of hydrogen-bond donors (Lipinski definition) is 1. The van der Waals surface area contributed by atoms with Gasteiger partial charge in [0, 0.05) is 38.6 Å². The number of hydrogen-bond acceptors (Lipinski definition) is 3. The Labute approximate surface area is 479 Å². The Morgan fingerprint density at radius 1 is 0.462 bits per heavy atom. The summed E-state index contributed by atoms with van der Waals surface area (Å²) < 4.78 is 2.32. The molecule has 1 N–H and O–H groups in total. The monoisotopic (exact) mass is 1210 g/mol. The zero-order chi connectivity index (χ0) is 55.1. The summed E-state index contributed by atoms with van der Waals surface area (Å²) in [7, 11) is 0. The van der Waals surface area contributed by atoms with Crippen molar-refractivity contribution in [3.8, 4) is 78.6 Å². The molecule has 0 saturated heterocycles. The summed E-state index contributed by atoms with van der Waals surface area (Å²) in [5.74, 6) is 0.815. The van der Waals surface area contributed by atoms with Crippen LogP contribution in [0, 0.1) is 13.0 Å². The SMILES string of the molecule is Cc1ccnc(-c2[c-]c(-c3cc(-c4cc(C(C)(C)C)ccc4-c4ccccc4)cc4c3nc(-c3ccc(-c5c(C(C)(C)C)ccc6cc(C(C)(C)C)ccc56)cc3O)n4-c3cc(C(C)(C)C)cc(C(C)(C)C)c3)ccc2)c1.[Pt]. The van der Waals surface area contributed by atoms with Crippen LogP contribution in [0.5, 0.6) is 5.75 Å². The summed E-state index contributed by atoms with van der Waals surface area (Å²) >= 11 is 0. The molecule has 0 radical (unpaired) electrons. The van der Waals surface area contributed by atoms with E-state index in [0.29, 0.717) is 11.4 Å². The second-order valence-electron chi connectivity index (χ2n) is 26.7. The number of pyridine rings is 1. The second-order valence-corrected chi connectivity index (χ2v) is 26.7. The molecule has 0 amide bonds. The average molecular weight is 1210 g/mol. The second kappa shape index (κ2) is 20.4. The fraction of sp³-hybridized carbons (Fsp3) is 0.288. The molecular weight excluding hydrogens is 1130 g/mol. The predicted octanol–water partition coefficient (Wildman–Crippen LogP) is 19.9. The number of aromatic hydroxyl groups is 1. The van der Waals surface area contributed by atoms with Crippen LogP contribution in [0.2, 0.25) is 0 Å². The third-order valence-electron chi connectivity index (χ3n) is 15.4. The van der Waals surface area contributed by atoms with Gasteiger partial charge >= 0.3 is 0 Å². The Morgan fingerprint density at radius 2 is 1.09 bits per heavy atom. The standard InChI is InChI=1S/C73H76N3O.Pt/c1-45-33-34-74-63(35-45)49-24-20-23-47(36-49)61-38-51(60-44-53(70(5,6)7)27-30-57(60)46-21-18-17-19-22-46)39-64-67(61)75-68(76(64)56-42-54(71(8,9)10)41-55(43-56)72(11,12)13)59-29-25-50(40-65(59)77)66-58-31-28-52(69(2,3)4)37-48(58)26-32-62(66)73(14,15)16;/h17-35,37-44,77H,1-16H3;/q-1;. The van der Waals surface area contributed by atoms with Crippen molar-refractivity contribution in [2.45, 2.75) is 138 Å². The van der Waals surface area contributed by atoms with Crippen molar-refractivity contribution >= 4 is 21.8 Å². The zero-order valence-corrected chi connectivity index (χ0v) is 51.0. The van der Waals surface area contributed by atoms with Gasteiger partial charge in [0.25, 0.3) is 0 Å². The molecule has 0 atom stereocenters. The average Bonchev–Trinajstić information content (AvgIpc) is 3.89. The van der Waals surface area contributed by atoms with Crippen molar-refractivity contribution in [2.24, 2.45) is 0 Å². The molecule has 0 aliphatic rings. The van der Waals surface area contributed by atoms with E-state index in [0.717, 1.165) is 78.0 Å². The first-order chi connectivity index (χ1) is 36.1. The first-order valence-electron chi connectivity index (χ1n) is 27.4. The third-order valence-corrected chi connectivity index (χ3v) is 15.4. The van der Waals surface area contributed by atoms with E-state index >= 15 is 0 Å². The Balaban J connectivity index is 0.00000740. The molecule has 0 spiro atoms. The van der Waals surface area contributed by atoms with Gasteiger partial charge in [0.05, 0.1) is 16.6 Å². The fourth-order valence-corrected chi connectivity index (χ4v) is 10.8. The molecule has 0 saturated carbocycles. The van der Waals surface area contributed by atoms with Crippen molar-refractivity contribution in [1.82, 2.24) is 14.5 Å². The Kier molecular flexibility index (Phi) is 14.6. The van der Waals surface area contributed by atoms with Gasteiger partial charge in [0.15, 0.2) is 0 Å². The third kappa shape index (κ3) is 11.0. The number of nitrogens with zero attached hydrogens (tertiary/aromatic N) is 3. The predicted molar refractivity (Wildman–Crippen MR) is 328 cm³/mol. The molecule has 4 nitrogen and oxygen atoms in total. The maximum absolute atomic E-state index is 12.9. The van der Waals surface area contributed by atoms with Gasteiger partial charge in [-0.2, -0.15) is 0 Å². The number of imidazole rings is 1. The zero-order valence-electron chi connectivity index (χ0n) is 48.7. The maximum Gasteiger partial charge on any atom is 0.148 e. The minimum absolute atomic E-state index is 0. The first kappa shape index (κ1) is 55.9. The van der Waals surface area contributed by atoms with E-state index in [2.05, 4.69) is 267 Å². The molecule has 0 unspecified atom stereocenters. The fourth-order valence-electron chi connectivity index (χ4n) is 10.8. The Bertz CT molecular complexity index is 3870. The molecule has 10 aromatic rings. The normalized spacial score (nSPS) is 12.6. The molecule has 10 rings (SSSR count). The Morgan fingerprint density at radius 3 is 1.72 bits per heavy atom. The van der Waals surface area contributed by atoms with Crippen LogP contribution in [0.25, 0.3) is 94.6 Å². The molecule has 0 aliphatic heterocycles. The smallest absolute Gasteiger partial charge is 0.148 e. The number of fused-ring (bicyclic) bond motifs is 2. The quantitative estimate of drug-likeness (QED) is 0.162. The van der Waals surface area contributed by atoms with E-state index in [1.807, 2.05) is 18.3 Å². The maximum atomic E-state index is 12.9. The summed E-state index contributed by atoms with van der Waals surface area (Å²) in [5, 5.41) is 15.2. The van der Waals surface area contributed by atoms with E-state index in [-0.39, 0.29) is 53.9 Å². The number of benzene rings is 8. The van der Waals surface area contributed by atoms with Gasteiger partial charge in [0.1, 0.15) is 11.6 Å². The van der Waals surface area contributed by atoms with Crippen molar-refractivity contribution in [2.75, 3.05) is 0 Å². The molecule has 78 heavy (non-hydrogen) atoms. The van der Waals surface area contributed by atoms with E-state index in [4.69, 9.17) is 9.97 Å². The largest absolute Gasteiger partial charge is 0.507 e. The summed E-state index contributed by atoms with van der Waals surface area (Å²) in [6, 6.07) is 61.4. The molecule has 2 aromatic heterocycles. The van der Waals surface area contributed by atoms with Crippen molar-refractivity contribution in [3.63, 3.8) is 0 Å². The summed E-state index contributed by atoms with van der Waals surface area (Å²) in [6.07, 6.45) is 1.87. The van der Waals surface area contributed by atoms with Crippen molar-refractivity contribution in [1.29, 1.82) is 0 Å². The molecule has 2 heterocycles. The van der Waals surface area contributed by atoms with Gasteiger partial charge in [-0.25, -0.2) is 4.98 Å². The van der Waals surface area contributed by atoms with Gasteiger partial charge in [0.2, 0.25) is 0 Å². The molecule has 5 heteroatoms. The van der Waals surface area contributed by atoms with Crippen LogP contribution in [-0.4, -0.2) is 19.6 Å². The number of aryl methyl sites for hydroxylation is 1. The molecule has 0 aliphatic carbocycles. The van der Waals surface area contributed by atoms with E-state index in [1.54, 1.807) is 0 Å². The summed E-state index contributed by atoms with van der Waals surface area (Å²) in [5.41, 5.74) is 20.3. The van der Waals surface area contributed by atoms with Crippen LogP contribution in [0.1, 0.15) is 137 Å². The van der Waals surface area contributed by atoms with Crippen LogP contribution in [0.15, 0.2) is 164 Å². The molecule has 400 valence electrons. The van der Waals surface area contributed by atoms with Crippen molar-refractivity contribution < 1.29 is 26.2 Å². The van der Waals surface area contributed by atoms with E-state index < -0.39 is 0 Å². The number of aromatic nitrogens is 3. The van der Waals surface area contributed by atoms with Gasteiger partial charge < -0.3 is 5.11 Å². The van der Waals surface area contributed by atoms with Gasteiger partial charge in [-0.3, -0.25) is 9.55 Å². The molecule has 8 aromatic carbocycles. The first-order valence-corrected chi connectivity index (χ1v) is 27.4. The van der Waals surface area contributed by atoms with Crippen LogP contribution < -0.4 is 0 Å². The minimum Gasteiger partial charge on any atom is -0.507 e.